The first kappa shape index (κ1) is 17.9. The highest BCUT2D eigenvalue weighted by Crippen LogP contribution is 2.34. The molecule has 136 valence electrons. The fraction of sp³-hybridized carbons (Fsp3) is 0.278. The van der Waals surface area contributed by atoms with E-state index in [9.17, 15) is 27.6 Å². The number of alkyl halides is 3. The van der Waals surface area contributed by atoms with Crippen LogP contribution in [0.15, 0.2) is 35.1 Å². The van der Waals surface area contributed by atoms with E-state index in [0.717, 1.165) is 18.2 Å². The largest absolute Gasteiger partial charge is 0.418 e. The molecule has 0 saturated heterocycles. The molecule has 2 N–H and O–H groups in total. The summed E-state index contributed by atoms with van der Waals surface area (Å²) in [6.45, 7) is 1.87. The van der Waals surface area contributed by atoms with Crippen molar-refractivity contribution in [2.24, 2.45) is 5.92 Å². The Hall–Kier alpha value is -2.90. The first-order valence-electron chi connectivity index (χ1n) is 7.93. The van der Waals surface area contributed by atoms with Crippen LogP contribution in [-0.4, -0.2) is 16.7 Å². The van der Waals surface area contributed by atoms with Gasteiger partial charge in [0.15, 0.2) is 5.78 Å². The number of pyridine rings is 1. The summed E-state index contributed by atoms with van der Waals surface area (Å²) in [4.78, 5) is 39.2. The Bertz CT molecular complexity index is 947. The lowest BCUT2D eigenvalue weighted by Gasteiger charge is -2.20. The summed E-state index contributed by atoms with van der Waals surface area (Å²) < 4.78 is 39.1. The van der Waals surface area contributed by atoms with Crippen LogP contribution < -0.4 is 10.9 Å². The van der Waals surface area contributed by atoms with E-state index in [2.05, 4.69) is 10.3 Å². The van der Waals surface area contributed by atoms with Crippen LogP contribution in [0, 0.1) is 5.92 Å². The number of aromatic nitrogens is 1. The second-order valence-corrected chi connectivity index (χ2v) is 6.34. The third kappa shape index (κ3) is 3.40. The molecule has 0 radical (unpaired) electrons. The number of carbonyl (C=O) groups is 2. The van der Waals surface area contributed by atoms with Crippen LogP contribution in [0.5, 0.6) is 0 Å². The molecule has 0 fully saturated rings. The van der Waals surface area contributed by atoms with Gasteiger partial charge >= 0.3 is 6.18 Å². The van der Waals surface area contributed by atoms with Crippen LogP contribution >= 0.6 is 0 Å². The van der Waals surface area contributed by atoms with Gasteiger partial charge in [-0.1, -0.05) is 19.1 Å². The number of hydrogen-bond acceptors (Lipinski definition) is 3. The third-order valence-electron chi connectivity index (χ3n) is 4.23. The van der Waals surface area contributed by atoms with Crippen molar-refractivity contribution in [3.05, 3.63) is 63.1 Å². The van der Waals surface area contributed by atoms with Crippen molar-refractivity contribution in [2.45, 2.75) is 25.9 Å². The molecule has 2 aromatic rings. The molecule has 1 amide bonds. The standard InChI is InChI=1S/C18H15F3N2O3/c1-9-6-14-10(15(24)7-9)8-11(17(26)23-14)16(25)22-13-5-3-2-4-12(13)18(19,20)21/h2-5,8-9H,6-7H2,1H3,(H,22,25)(H,23,26). The summed E-state index contributed by atoms with van der Waals surface area (Å²) >= 11 is 0. The Balaban J connectivity index is 1.97. The van der Waals surface area contributed by atoms with Gasteiger partial charge in [0.25, 0.3) is 11.5 Å². The number of para-hydroxylation sites is 1. The molecule has 1 unspecified atom stereocenters. The van der Waals surface area contributed by atoms with Crippen molar-refractivity contribution in [2.75, 3.05) is 5.32 Å². The molecular weight excluding hydrogens is 349 g/mol. The maximum Gasteiger partial charge on any atom is 0.418 e. The van der Waals surface area contributed by atoms with E-state index < -0.39 is 34.5 Å². The van der Waals surface area contributed by atoms with Gasteiger partial charge in [-0.15, -0.1) is 0 Å². The molecule has 0 aliphatic heterocycles. The zero-order valence-electron chi connectivity index (χ0n) is 13.7. The molecule has 8 heteroatoms. The van der Waals surface area contributed by atoms with Crippen LogP contribution in [0.4, 0.5) is 18.9 Å². The molecule has 1 aliphatic carbocycles. The topological polar surface area (TPSA) is 79.0 Å². The number of nitrogens with one attached hydrogen (secondary N) is 2. The molecule has 1 aliphatic rings. The maximum atomic E-state index is 13.0. The smallest absolute Gasteiger partial charge is 0.325 e. The Kier molecular flexibility index (Phi) is 4.43. The first-order valence-corrected chi connectivity index (χ1v) is 7.93. The van der Waals surface area contributed by atoms with Crippen LogP contribution in [0.3, 0.4) is 0 Å². The van der Waals surface area contributed by atoms with Crippen molar-refractivity contribution in [1.82, 2.24) is 4.98 Å². The lowest BCUT2D eigenvalue weighted by atomic mass is 9.86. The number of H-pyrrole nitrogens is 1. The number of benzene rings is 1. The molecule has 3 rings (SSSR count). The highest BCUT2D eigenvalue weighted by Gasteiger charge is 2.34. The zero-order valence-corrected chi connectivity index (χ0v) is 13.7. The Morgan fingerprint density at radius 2 is 1.88 bits per heavy atom. The second-order valence-electron chi connectivity index (χ2n) is 6.34. The normalized spacial score (nSPS) is 16.9. The van der Waals surface area contributed by atoms with E-state index in [1.165, 1.54) is 12.1 Å². The Morgan fingerprint density at radius 3 is 2.58 bits per heavy atom. The lowest BCUT2D eigenvalue weighted by molar-refractivity contribution is -0.136. The lowest BCUT2D eigenvalue weighted by Crippen LogP contribution is -2.29. The van der Waals surface area contributed by atoms with Gasteiger partial charge in [-0.05, 0) is 30.5 Å². The molecule has 5 nitrogen and oxygen atoms in total. The van der Waals surface area contributed by atoms with E-state index in [1.54, 1.807) is 0 Å². The molecule has 26 heavy (non-hydrogen) atoms. The number of rotatable bonds is 2. The SMILES string of the molecule is CC1CC(=O)c2cc(C(=O)Nc3ccccc3C(F)(F)F)c(=O)[nH]c2C1. The quantitative estimate of drug-likeness (QED) is 0.857. The molecule has 0 spiro atoms. The van der Waals surface area contributed by atoms with Gasteiger partial charge in [0, 0.05) is 17.7 Å². The number of fused-ring (bicyclic) bond motifs is 1. The van der Waals surface area contributed by atoms with Gasteiger partial charge < -0.3 is 10.3 Å². The summed E-state index contributed by atoms with van der Waals surface area (Å²) in [5.41, 5.74) is -1.94. The van der Waals surface area contributed by atoms with Crippen LogP contribution in [0.1, 0.15) is 45.3 Å². The molecule has 0 saturated carbocycles. The molecule has 1 aromatic carbocycles. The highest BCUT2D eigenvalue weighted by atomic mass is 19.4. The number of amides is 1. The predicted molar refractivity (Wildman–Crippen MR) is 88.3 cm³/mol. The maximum absolute atomic E-state index is 13.0. The monoisotopic (exact) mass is 364 g/mol. The summed E-state index contributed by atoms with van der Waals surface area (Å²) in [7, 11) is 0. The van der Waals surface area contributed by atoms with Gasteiger partial charge in [-0.2, -0.15) is 13.2 Å². The minimum Gasteiger partial charge on any atom is -0.325 e. The summed E-state index contributed by atoms with van der Waals surface area (Å²) in [6, 6.07) is 5.63. The van der Waals surface area contributed by atoms with Crippen molar-refractivity contribution in [3.63, 3.8) is 0 Å². The number of carbonyl (C=O) groups excluding carboxylic acids is 2. The molecule has 0 bridgehead atoms. The van der Waals surface area contributed by atoms with E-state index >= 15 is 0 Å². The highest BCUT2D eigenvalue weighted by molar-refractivity contribution is 6.07. The van der Waals surface area contributed by atoms with Crippen molar-refractivity contribution < 1.29 is 22.8 Å². The zero-order chi connectivity index (χ0) is 19.1. The number of ketones is 1. The summed E-state index contributed by atoms with van der Waals surface area (Å²) in [6.07, 6.45) is -3.87. The average Bonchev–Trinajstić information content (AvgIpc) is 2.53. The molecule has 1 atom stereocenters. The molecule has 1 heterocycles. The fourth-order valence-electron chi connectivity index (χ4n) is 3.02. The van der Waals surface area contributed by atoms with E-state index in [1.807, 2.05) is 6.92 Å². The average molecular weight is 364 g/mol. The van der Waals surface area contributed by atoms with Crippen molar-refractivity contribution >= 4 is 17.4 Å². The van der Waals surface area contributed by atoms with E-state index in [4.69, 9.17) is 0 Å². The van der Waals surface area contributed by atoms with Gasteiger partial charge in [-0.3, -0.25) is 14.4 Å². The summed E-state index contributed by atoms with van der Waals surface area (Å²) in [5.74, 6) is -1.14. The van der Waals surface area contributed by atoms with E-state index in [-0.39, 0.29) is 23.7 Å². The first-order chi connectivity index (χ1) is 12.2. The Morgan fingerprint density at radius 1 is 1.19 bits per heavy atom. The van der Waals surface area contributed by atoms with Gasteiger partial charge in [0.05, 0.1) is 11.3 Å². The van der Waals surface area contributed by atoms with Crippen molar-refractivity contribution in [3.8, 4) is 0 Å². The molecular formula is C18H15F3N2O3. The Labute approximate surface area is 146 Å². The number of hydrogen-bond donors (Lipinski definition) is 2. The van der Waals surface area contributed by atoms with Gasteiger partial charge in [-0.25, -0.2) is 0 Å². The number of anilines is 1. The van der Waals surface area contributed by atoms with Gasteiger partial charge in [0.2, 0.25) is 0 Å². The minimum absolute atomic E-state index is 0.0731. The van der Waals surface area contributed by atoms with Crippen LogP contribution in [0.25, 0.3) is 0 Å². The van der Waals surface area contributed by atoms with E-state index in [0.29, 0.717) is 12.1 Å². The third-order valence-corrected chi connectivity index (χ3v) is 4.23. The summed E-state index contributed by atoms with van der Waals surface area (Å²) in [5, 5.41) is 2.11. The fourth-order valence-corrected chi connectivity index (χ4v) is 3.02. The second kappa shape index (κ2) is 6.44. The van der Waals surface area contributed by atoms with Crippen LogP contribution in [0.2, 0.25) is 0 Å². The van der Waals surface area contributed by atoms with Crippen LogP contribution in [-0.2, 0) is 12.6 Å². The number of aromatic amines is 1. The number of Topliss-reactive ketones (excluding diaryl/α,β-unsaturated/α-hetero) is 1. The number of halogens is 3. The predicted octanol–water partition coefficient (Wildman–Crippen LogP) is 3.41. The molecule has 1 aromatic heterocycles. The van der Waals surface area contributed by atoms with Gasteiger partial charge in [0.1, 0.15) is 5.56 Å². The minimum atomic E-state index is -4.65. The van der Waals surface area contributed by atoms with Crippen molar-refractivity contribution in [1.29, 1.82) is 0 Å².